The van der Waals surface area contributed by atoms with Crippen molar-refractivity contribution in [3.8, 4) is 11.5 Å². The average molecular weight is 827 g/mol. The quantitative estimate of drug-likeness (QED) is 0.0417. The summed E-state index contributed by atoms with van der Waals surface area (Å²) in [4.78, 5) is 22.7. The Kier molecular flexibility index (Phi) is 16.5. The lowest BCUT2D eigenvalue weighted by Crippen LogP contribution is -2.69. The highest BCUT2D eigenvalue weighted by Crippen LogP contribution is 2.61. The number of carbonyl (C=O) groups excluding carboxylic acids is 1. The zero-order valence-electron chi connectivity index (χ0n) is 33.1. The number of carbonyl (C=O) groups is 1. The molecule has 1 saturated carbocycles. The van der Waals surface area contributed by atoms with E-state index in [2.05, 4.69) is 30.9 Å². The van der Waals surface area contributed by atoms with Crippen LogP contribution < -0.4 is 9.47 Å². The van der Waals surface area contributed by atoms with Crippen LogP contribution in [0, 0.1) is 17.8 Å². The number of nitrogens with zero attached hydrogens (tertiary/aromatic N) is 2. The number of unbranched alkanes of at least 4 members (excludes halogenated alkanes) is 2. The SMILES string of the molecule is C=CCOC12Oc3ccc(OCCSc4ccccc4)cc3C3C(CCCCO)C(CCCCO)C=C(C(=NOC4CCCCO4)CC1N(C)C(=O)OCCCl)C32. The minimum absolute atomic E-state index is 0.0526. The number of alkyl halides is 1. The highest BCUT2D eigenvalue weighted by atomic mass is 35.5. The van der Waals surface area contributed by atoms with Gasteiger partial charge in [0.05, 0.1) is 37.3 Å². The van der Waals surface area contributed by atoms with Crippen molar-refractivity contribution in [1.29, 1.82) is 0 Å². The van der Waals surface area contributed by atoms with E-state index in [0.717, 1.165) is 67.6 Å². The first-order valence-corrected chi connectivity index (χ1v) is 22.1. The first-order chi connectivity index (χ1) is 27.9. The number of benzene rings is 2. The van der Waals surface area contributed by atoms with Gasteiger partial charge in [0.25, 0.3) is 0 Å². The Labute approximate surface area is 346 Å². The van der Waals surface area contributed by atoms with Crippen molar-refractivity contribution in [2.75, 3.05) is 58.3 Å². The molecule has 0 spiro atoms. The van der Waals surface area contributed by atoms with Crippen LogP contribution in [0.2, 0.25) is 0 Å². The number of ether oxygens (including phenoxy) is 5. The molecule has 0 radical (unpaired) electrons. The number of rotatable bonds is 21. The molecule has 2 N–H and O–H groups in total. The van der Waals surface area contributed by atoms with Gasteiger partial charge in [0, 0.05) is 55.2 Å². The maximum absolute atomic E-state index is 13.7. The number of allylic oxidation sites excluding steroid dienone is 1. The summed E-state index contributed by atoms with van der Waals surface area (Å²) in [7, 11) is 1.70. The van der Waals surface area contributed by atoms with Crippen molar-refractivity contribution in [2.45, 2.75) is 93.1 Å². The summed E-state index contributed by atoms with van der Waals surface area (Å²) >= 11 is 7.71. The Morgan fingerprint density at radius 3 is 2.63 bits per heavy atom. The summed E-state index contributed by atoms with van der Waals surface area (Å²) in [6.45, 7) is 5.57. The number of fused-ring (bicyclic) bond motifs is 2. The summed E-state index contributed by atoms with van der Waals surface area (Å²) in [5, 5.41) is 24.6. The van der Waals surface area contributed by atoms with Crippen molar-refractivity contribution in [3.05, 3.63) is 78.4 Å². The van der Waals surface area contributed by atoms with E-state index >= 15 is 0 Å². The number of aliphatic hydroxyl groups is 2. The molecule has 2 aliphatic carbocycles. The third kappa shape index (κ3) is 10.5. The molecule has 7 unspecified atom stereocenters. The average Bonchev–Trinajstić information content (AvgIpc) is 3.24. The Bertz CT molecular complexity index is 1660. The summed E-state index contributed by atoms with van der Waals surface area (Å²) in [6, 6.07) is 15.6. The summed E-state index contributed by atoms with van der Waals surface area (Å²) in [5.74, 6) is 0.592. The number of halogens is 1. The second-order valence-corrected chi connectivity index (χ2v) is 16.6. The fourth-order valence-corrected chi connectivity index (χ4v) is 9.75. The van der Waals surface area contributed by atoms with Crippen LogP contribution in [-0.2, 0) is 19.0 Å². The van der Waals surface area contributed by atoms with E-state index in [1.807, 2.05) is 30.3 Å². The molecule has 2 fully saturated rings. The van der Waals surface area contributed by atoms with Gasteiger partial charge in [-0.1, -0.05) is 48.3 Å². The van der Waals surface area contributed by atoms with Gasteiger partial charge in [-0.25, -0.2) is 4.79 Å². The van der Waals surface area contributed by atoms with Crippen LogP contribution >= 0.6 is 23.4 Å². The van der Waals surface area contributed by atoms with Crippen LogP contribution in [-0.4, -0.2) is 103 Å². The predicted molar refractivity (Wildman–Crippen MR) is 222 cm³/mol. The van der Waals surface area contributed by atoms with Crippen LogP contribution in [0.5, 0.6) is 11.5 Å². The van der Waals surface area contributed by atoms with Gasteiger partial charge < -0.3 is 43.6 Å². The third-order valence-electron chi connectivity index (χ3n) is 11.5. The van der Waals surface area contributed by atoms with Crippen LogP contribution in [0.15, 0.2) is 82.9 Å². The zero-order chi connectivity index (χ0) is 40.0. The molecule has 2 aromatic rings. The number of thioether (sulfide) groups is 1. The van der Waals surface area contributed by atoms with Gasteiger partial charge in [0.1, 0.15) is 24.1 Å². The number of likely N-dealkylation sites (N-methyl/N-ethyl adjacent to an activating group) is 1. The molecular weight excluding hydrogens is 768 g/mol. The zero-order valence-corrected chi connectivity index (χ0v) is 34.7. The number of oxime groups is 1. The molecule has 1 amide bonds. The van der Waals surface area contributed by atoms with Gasteiger partial charge in [-0.3, -0.25) is 0 Å². The molecule has 11 nitrogen and oxygen atoms in total. The maximum Gasteiger partial charge on any atom is 0.410 e. The first-order valence-electron chi connectivity index (χ1n) is 20.6. The molecule has 0 bridgehead atoms. The van der Waals surface area contributed by atoms with Gasteiger partial charge >= 0.3 is 6.09 Å². The number of aliphatic hydroxyl groups excluding tert-OH is 2. The highest BCUT2D eigenvalue weighted by molar-refractivity contribution is 7.99. The molecule has 2 heterocycles. The summed E-state index contributed by atoms with van der Waals surface area (Å²) in [5.41, 5.74) is 2.67. The van der Waals surface area contributed by atoms with Crippen molar-refractivity contribution < 1.29 is 43.5 Å². The van der Waals surface area contributed by atoms with E-state index in [1.54, 1.807) is 29.8 Å². The standard InChI is InChI=1S/C44H59ClN2O9S/c1-3-23-54-44-39(47(2)43(50)53-25-20-45)30-37(46-56-40-17-9-12-24-52-40)35-28-31(13-7-10-21-48)34(16-8-11-22-49)41(42(35)44)36-29-32(18-19-38(36)55-44)51-26-27-57-33-14-5-4-6-15-33/h3-6,14-15,18-19,28-29,31,34,39-42,48-49H,1,7-13,16-17,20-27,30H2,2H3. The lowest BCUT2D eigenvalue weighted by Gasteiger charge is -2.59. The van der Waals surface area contributed by atoms with Crippen molar-refractivity contribution >= 4 is 35.2 Å². The molecular formula is C44H59ClN2O9S. The Hall–Kier alpha value is -3.26. The Morgan fingerprint density at radius 2 is 1.89 bits per heavy atom. The van der Waals surface area contributed by atoms with Crippen LogP contribution in [0.4, 0.5) is 4.79 Å². The first kappa shape index (κ1) is 43.3. The summed E-state index contributed by atoms with van der Waals surface area (Å²) < 4.78 is 32.1. The molecule has 57 heavy (non-hydrogen) atoms. The molecule has 1 saturated heterocycles. The lowest BCUT2D eigenvalue weighted by atomic mass is 9.55. The van der Waals surface area contributed by atoms with E-state index in [-0.39, 0.29) is 56.5 Å². The molecule has 4 aliphatic rings. The lowest BCUT2D eigenvalue weighted by molar-refractivity contribution is -0.254. The Balaban J connectivity index is 1.47. The molecule has 13 heteroatoms. The molecule has 2 aromatic carbocycles. The molecule has 312 valence electrons. The predicted octanol–water partition coefficient (Wildman–Crippen LogP) is 8.33. The van der Waals surface area contributed by atoms with Crippen LogP contribution in [0.25, 0.3) is 0 Å². The fraction of sp³-hybridized carbons (Fsp3) is 0.591. The van der Waals surface area contributed by atoms with Gasteiger partial charge in [0.15, 0.2) is 0 Å². The van der Waals surface area contributed by atoms with Crippen molar-refractivity contribution in [1.82, 2.24) is 4.90 Å². The van der Waals surface area contributed by atoms with Crippen LogP contribution in [0.1, 0.15) is 75.7 Å². The van der Waals surface area contributed by atoms with E-state index in [0.29, 0.717) is 37.5 Å². The van der Waals surface area contributed by atoms with Gasteiger partial charge in [0.2, 0.25) is 12.1 Å². The van der Waals surface area contributed by atoms with E-state index in [9.17, 15) is 15.0 Å². The van der Waals surface area contributed by atoms with Crippen molar-refractivity contribution in [3.63, 3.8) is 0 Å². The minimum atomic E-state index is -1.37. The smallest absolute Gasteiger partial charge is 0.410 e. The largest absolute Gasteiger partial charge is 0.493 e. The normalized spacial score (nSPS) is 27.0. The van der Waals surface area contributed by atoms with Gasteiger partial charge in [-0.2, -0.15) is 0 Å². The van der Waals surface area contributed by atoms with E-state index in [1.165, 1.54) is 4.90 Å². The molecule has 2 aliphatic heterocycles. The minimum Gasteiger partial charge on any atom is -0.493 e. The Morgan fingerprint density at radius 1 is 1.09 bits per heavy atom. The van der Waals surface area contributed by atoms with E-state index in [4.69, 9.17) is 45.3 Å². The fourth-order valence-electron chi connectivity index (χ4n) is 8.92. The maximum atomic E-state index is 13.7. The monoisotopic (exact) mass is 826 g/mol. The topological polar surface area (TPSA) is 129 Å². The molecule has 0 aromatic heterocycles. The number of hydrogen-bond donors (Lipinski definition) is 2. The highest BCUT2D eigenvalue weighted by Gasteiger charge is 2.65. The molecule has 7 atom stereocenters. The van der Waals surface area contributed by atoms with Crippen LogP contribution in [0.3, 0.4) is 0 Å². The second kappa shape index (κ2) is 21.7. The number of amides is 1. The molecule has 6 rings (SSSR count). The number of hydrogen-bond acceptors (Lipinski definition) is 11. The summed E-state index contributed by atoms with van der Waals surface area (Å²) in [6.07, 6.45) is 10.7. The third-order valence-corrected chi connectivity index (χ3v) is 12.6. The van der Waals surface area contributed by atoms with Gasteiger partial charge in [-0.05, 0) is 86.3 Å². The van der Waals surface area contributed by atoms with Crippen molar-refractivity contribution in [2.24, 2.45) is 22.9 Å². The van der Waals surface area contributed by atoms with Gasteiger partial charge in [-0.15, -0.1) is 29.9 Å². The second-order valence-electron chi connectivity index (χ2n) is 15.1. The van der Waals surface area contributed by atoms with E-state index < -0.39 is 30.1 Å².